The number of ether oxygens (including phenoxy) is 1. The molecule has 0 radical (unpaired) electrons. The monoisotopic (exact) mass is 850 g/mol. The minimum Gasteiger partial charge on any atom is -0.489 e. The Kier molecular flexibility index (Phi) is 13.2. The Balaban J connectivity index is 0.943. The fourth-order valence-electron chi connectivity index (χ4n) is 7.22. The molecule has 6 rings (SSSR count). The number of amides is 4. The first kappa shape index (κ1) is 43.6. The maximum Gasteiger partial charge on any atom is 0.417 e. The molecule has 2 aliphatic heterocycles. The third kappa shape index (κ3) is 9.73. The van der Waals surface area contributed by atoms with Gasteiger partial charge in [0.1, 0.15) is 17.8 Å². The van der Waals surface area contributed by atoms with Crippen molar-refractivity contribution >= 4 is 69.4 Å². The minimum absolute atomic E-state index is 0.0107. The number of carbonyl (C=O) groups is 4. The zero-order chi connectivity index (χ0) is 43.4. The van der Waals surface area contributed by atoms with Gasteiger partial charge in [0, 0.05) is 93.7 Å². The Hall–Kier alpha value is -5.97. The molecule has 2 N–H and O–H groups in total. The molecule has 0 aliphatic carbocycles. The van der Waals surface area contributed by atoms with Crippen LogP contribution in [-0.2, 0) is 25.4 Å². The van der Waals surface area contributed by atoms with Gasteiger partial charge < -0.3 is 29.3 Å². The van der Waals surface area contributed by atoms with Crippen LogP contribution < -0.4 is 25.2 Å². The van der Waals surface area contributed by atoms with Gasteiger partial charge in [-0.05, 0) is 62.7 Å². The molecule has 2 fully saturated rings. The summed E-state index contributed by atoms with van der Waals surface area (Å²) in [5.41, 5.74) is -0.516. The van der Waals surface area contributed by atoms with Crippen molar-refractivity contribution in [2.24, 2.45) is 0 Å². The quantitative estimate of drug-likeness (QED) is 0.0918. The predicted octanol–water partition coefficient (Wildman–Crippen LogP) is 5.61. The molecule has 0 bridgehead atoms. The second-order valence-corrected chi connectivity index (χ2v) is 15.2. The van der Waals surface area contributed by atoms with Crippen LogP contribution in [0.25, 0.3) is 11.0 Å². The summed E-state index contributed by atoms with van der Waals surface area (Å²) in [6.07, 6.45) is -3.98. The lowest BCUT2D eigenvalue weighted by Gasteiger charge is -2.38. The van der Waals surface area contributed by atoms with Crippen LogP contribution in [0.15, 0.2) is 59.1 Å². The number of hydrogen-bond acceptors (Lipinski definition) is 11. The summed E-state index contributed by atoms with van der Waals surface area (Å²) < 4.78 is 67.3. The van der Waals surface area contributed by atoms with Crippen molar-refractivity contribution in [3.63, 3.8) is 0 Å². The number of hydrogen-bond donors (Lipinski definition) is 2. The SMILES string of the molecule is CN(C(=O)C(C)(C)N(C=S)c1ccc(OCCN2CCN(CCC(=O)Nc3ccc4c(C5CCC(=O)NC5=O)noc4c3)CC2)c(F)c1)c1ccc(C#N)c(C(F)(F)F)c1. The van der Waals surface area contributed by atoms with Gasteiger partial charge >= 0.3 is 6.18 Å². The highest BCUT2D eigenvalue weighted by Crippen LogP contribution is 2.36. The number of rotatable bonds is 14. The summed E-state index contributed by atoms with van der Waals surface area (Å²) in [5.74, 6) is -2.84. The summed E-state index contributed by atoms with van der Waals surface area (Å²) in [5, 5.41) is 19.0. The van der Waals surface area contributed by atoms with E-state index in [0.29, 0.717) is 55.0 Å². The molecule has 0 spiro atoms. The fourth-order valence-corrected chi connectivity index (χ4v) is 7.61. The lowest BCUT2D eigenvalue weighted by atomic mass is 9.93. The number of nitrogens with one attached hydrogen (secondary N) is 2. The number of nitriles is 1. The predicted molar refractivity (Wildman–Crippen MR) is 217 cm³/mol. The van der Waals surface area contributed by atoms with Gasteiger partial charge in [-0.25, -0.2) is 4.39 Å². The van der Waals surface area contributed by atoms with E-state index in [1.54, 1.807) is 18.2 Å². The summed E-state index contributed by atoms with van der Waals surface area (Å²) >= 11 is 5.19. The molecule has 14 nitrogen and oxygen atoms in total. The number of alkyl halides is 3. The first-order valence-corrected chi connectivity index (χ1v) is 19.5. The van der Waals surface area contributed by atoms with Gasteiger partial charge in [-0.15, -0.1) is 0 Å². The van der Waals surface area contributed by atoms with E-state index in [2.05, 4.69) is 25.6 Å². The number of imide groups is 1. The van der Waals surface area contributed by atoms with Crippen LogP contribution in [0.1, 0.15) is 55.8 Å². The van der Waals surface area contributed by atoms with Crippen LogP contribution in [0.3, 0.4) is 0 Å². The normalized spacial score (nSPS) is 16.5. The van der Waals surface area contributed by atoms with E-state index in [4.69, 9.17) is 26.7 Å². The Bertz CT molecular complexity index is 2340. The highest BCUT2D eigenvalue weighted by molar-refractivity contribution is 7.79. The summed E-state index contributed by atoms with van der Waals surface area (Å²) in [6.45, 7) is 7.13. The van der Waals surface area contributed by atoms with Gasteiger partial charge in [0.05, 0.1) is 28.6 Å². The smallest absolute Gasteiger partial charge is 0.417 e. The molecule has 3 heterocycles. The molecule has 1 unspecified atom stereocenters. The minimum atomic E-state index is -4.81. The zero-order valence-corrected chi connectivity index (χ0v) is 33.8. The first-order chi connectivity index (χ1) is 28.5. The molecule has 4 aromatic rings. The second-order valence-electron chi connectivity index (χ2n) is 15.0. The van der Waals surface area contributed by atoms with Gasteiger partial charge in [-0.2, -0.15) is 18.4 Å². The molecule has 1 atom stereocenters. The molecule has 0 saturated carbocycles. The van der Waals surface area contributed by atoms with Gasteiger partial charge in [0.25, 0.3) is 5.91 Å². The molecule has 316 valence electrons. The third-order valence-corrected chi connectivity index (χ3v) is 10.9. The fraction of sp³-hybridized carbons (Fsp3) is 0.390. The number of halogens is 4. The van der Waals surface area contributed by atoms with Crippen molar-refractivity contribution in [2.45, 2.75) is 50.7 Å². The molecule has 1 aromatic heterocycles. The molecule has 2 aliphatic rings. The molecule has 3 aromatic carbocycles. The van der Waals surface area contributed by atoms with Gasteiger partial charge in [-0.3, -0.25) is 29.4 Å². The molecule has 60 heavy (non-hydrogen) atoms. The highest BCUT2D eigenvalue weighted by atomic mass is 32.1. The van der Waals surface area contributed by atoms with Crippen LogP contribution in [0.2, 0.25) is 0 Å². The van der Waals surface area contributed by atoms with Crippen LogP contribution >= 0.6 is 12.2 Å². The Labute approximate surface area is 348 Å². The average Bonchev–Trinajstić information content (AvgIpc) is 3.63. The molecule has 2 saturated heterocycles. The molecular weight excluding hydrogens is 809 g/mol. The number of thiocarbonyl (C=S) groups is 1. The van der Waals surface area contributed by atoms with E-state index in [-0.39, 0.29) is 48.4 Å². The maximum absolute atomic E-state index is 15.3. The largest absolute Gasteiger partial charge is 0.489 e. The van der Waals surface area contributed by atoms with Crippen molar-refractivity contribution in [1.29, 1.82) is 5.26 Å². The summed E-state index contributed by atoms with van der Waals surface area (Å²) in [6, 6.07) is 13.7. The van der Waals surface area contributed by atoms with Crippen molar-refractivity contribution in [3.8, 4) is 11.8 Å². The standard InChI is InChI=1S/C41H42F4N8O6S/c1-40(2,39(57)50(3)27-6-4-25(23-46)31(21-27)41(43,44)45)53(24-60)28-7-10-33(32(42)22-28)58-19-18-52-16-14-51(15-17-52)13-12-36(55)47-26-5-8-29-34(20-26)59-49-37(29)30-9-11-35(54)48-38(30)56/h4-8,10,20-22,24,30H,9,11-19H2,1-3H3,(H,47,55)(H,48,54,56). The van der Waals surface area contributed by atoms with Gasteiger partial charge in [0.2, 0.25) is 17.7 Å². The highest BCUT2D eigenvalue weighted by Gasteiger charge is 2.39. The molecule has 4 amide bonds. The number of nitrogens with zero attached hydrogens (tertiary/aromatic N) is 6. The zero-order valence-electron chi connectivity index (χ0n) is 33.0. The van der Waals surface area contributed by atoms with E-state index in [0.717, 1.165) is 41.7 Å². The number of fused-ring (bicyclic) bond motifs is 1. The van der Waals surface area contributed by atoms with Crippen LogP contribution in [0.4, 0.5) is 34.6 Å². The number of piperazine rings is 1. The van der Waals surface area contributed by atoms with Crippen LogP contribution in [0, 0.1) is 17.1 Å². The number of benzene rings is 3. The number of aromatic nitrogens is 1. The van der Waals surface area contributed by atoms with Crippen molar-refractivity contribution < 1.29 is 46.0 Å². The van der Waals surface area contributed by atoms with Gasteiger partial charge in [0.15, 0.2) is 17.1 Å². The number of likely N-dealkylation sites (N-methyl/N-ethyl adjacent to an activating group) is 1. The van der Waals surface area contributed by atoms with Crippen molar-refractivity contribution in [2.75, 3.05) is 68.0 Å². The summed E-state index contributed by atoms with van der Waals surface area (Å²) in [4.78, 5) is 57.0. The van der Waals surface area contributed by atoms with E-state index in [1.165, 1.54) is 50.1 Å². The molecule has 19 heteroatoms. The van der Waals surface area contributed by atoms with Crippen LogP contribution in [-0.4, -0.2) is 103 Å². The van der Waals surface area contributed by atoms with E-state index >= 15 is 4.39 Å². The maximum atomic E-state index is 15.3. The number of piperidine rings is 1. The number of anilines is 3. The molecular formula is C41H42F4N8O6S. The van der Waals surface area contributed by atoms with Crippen molar-refractivity contribution in [1.82, 2.24) is 20.3 Å². The Morgan fingerprint density at radius 3 is 2.40 bits per heavy atom. The van der Waals surface area contributed by atoms with Crippen molar-refractivity contribution in [3.05, 3.63) is 77.2 Å². The van der Waals surface area contributed by atoms with E-state index < -0.39 is 46.4 Å². The lowest BCUT2D eigenvalue weighted by Crippen LogP contribution is -2.55. The lowest BCUT2D eigenvalue weighted by molar-refractivity contribution is -0.138. The topological polar surface area (TPSA) is 164 Å². The van der Waals surface area contributed by atoms with Gasteiger partial charge in [-0.1, -0.05) is 17.4 Å². The van der Waals surface area contributed by atoms with E-state index in [1.807, 2.05) is 0 Å². The first-order valence-electron chi connectivity index (χ1n) is 19.0. The second kappa shape index (κ2) is 18.1. The van der Waals surface area contributed by atoms with Crippen LogP contribution in [0.5, 0.6) is 5.75 Å². The third-order valence-electron chi connectivity index (χ3n) is 10.7. The summed E-state index contributed by atoms with van der Waals surface area (Å²) in [7, 11) is 1.30. The Morgan fingerprint density at radius 2 is 1.75 bits per heavy atom. The average molecular weight is 851 g/mol. The van der Waals surface area contributed by atoms with E-state index in [9.17, 15) is 32.3 Å². The Morgan fingerprint density at radius 1 is 1.05 bits per heavy atom. The number of carbonyl (C=O) groups excluding carboxylic acids is 4.